The Labute approximate surface area is 121 Å². The summed E-state index contributed by atoms with van der Waals surface area (Å²) in [6.45, 7) is 0. The van der Waals surface area contributed by atoms with Gasteiger partial charge in [-0.1, -0.05) is 54.1 Å². The topological polar surface area (TPSA) is 25.8 Å². The van der Waals surface area contributed by atoms with Crippen LogP contribution in [0.25, 0.3) is 11.0 Å². The maximum absolute atomic E-state index is 6.45. The Bertz CT molecular complexity index is 714. The van der Waals surface area contributed by atoms with Crippen molar-refractivity contribution in [2.24, 2.45) is 0 Å². The largest absolute Gasteiger partial charge is 0.246 e. The van der Waals surface area contributed by atoms with E-state index in [0.717, 1.165) is 16.6 Å². The van der Waals surface area contributed by atoms with Crippen LogP contribution >= 0.6 is 23.2 Å². The number of hydrogen-bond donors (Lipinski definition) is 0. The second-order valence-corrected chi connectivity index (χ2v) is 4.96. The van der Waals surface area contributed by atoms with Crippen molar-refractivity contribution in [1.82, 2.24) is 9.97 Å². The minimum absolute atomic E-state index is 0.350. The minimum atomic E-state index is -0.397. The lowest BCUT2D eigenvalue weighted by Gasteiger charge is -2.11. The molecule has 3 aromatic rings. The minimum Gasteiger partial charge on any atom is -0.246 e. The molecular formula is C15H10Cl2N2. The van der Waals surface area contributed by atoms with Crippen LogP contribution in [0.3, 0.4) is 0 Å². The molecule has 0 N–H and O–H groups in total. The highest BCUT2D eigenvalue weighted by Crippen LogP contribution is 2.32. The summed E-state index contributed by atoms with van der Waals surface area (Å²) >= 11 is 12.6. The Balaban J connectivity index is 2.12. The molecule has 2 nitrogen and oxygen atoms in total. The fourth-order valence-electron chi connectivity index (χ4n) is 1.93. The van der Waals surface area contributed by atoms with E-state index in [2.05, 4.69) is 9.97 Å². The molecule has 94 valence electrons. The van der Waals surface area contributed by atoms with E-state index in [0.29, 0.717) is 10.8 Å². The average molecular weight is 289 g/mol. The highest BCUT2D eigenvalue weighted by Gasteiger charge is 2.17. The van der Waals surface area contributed by atoms with E-state index in [1.807, 2.05) is 54.6 Å². The van der Waals surface area contributed by atoms with E-state index in [4.69, 9.17) is 23.2 Å². The number of alkyl halides is 1. The summed E-state index contributed by atoms with van der Waals surface area (Å²) in [5.41, 5.74) is 3.11. The number of fused-ring (bicyclic) bond motifs is 1. The van der Waals surface area contributed by atoms with Gasteiger partial charge in [0.25, 0.3) is 0 Å². The van der Waals surface area contributed by atoms with Crippen LogP contribution in [0, 0.1) is 0 Å². The molecule has 0 aliphatic heterocycles. The monoisotopic (exact) mass is 288 g/mol. The Hall–Kier alpha value is -1.64. The fourth-order valence-corrected chi connectivity index (χ4v) is 2.53. The third kappa shape index (κ3) is 2.42. The lowest BCUT2D eigenvalue weighted by molar-refractivity contribution is 1.03. The molecule has 1 unspecified atom stereocenters. The summed E-state index contributed by atoms with van der Waals surface area (Å²) < 4.78 is 0. The number of aromatic nitrogens is 2. The first kappa shape index (κ1) is 12.4. The molecule has 19 heavy (non-hydrogen) atoms. The highest BCUT2D eigenvalue weighted by molar-refractivity contribution is 6.32. The molecule has 2 aromatic carbocycles. The van der Waals surface area contributed by atoms with Crippen LogP contribution in [0.4, 0.5) is 0 Å². The van der Waals surface area contributed by atoms with Crippen molar-refractivity contribution in [1.29, 1.82) is 0 Å². The summed E-state index contributed by atoms with van der Waals surface area (Å²) in [5, 5.41) is -0.0478. The van der Waals surface area contributed by atoms with Gasteiger partial charge in [-0.15, -0.1) is 11.6 Å². The molecule has 0 fully saturated rings. The van der Waals surface area contributed by atoms with Crippen LogP contribution in [-0.2, 0) is 0 Å². The van der Waals surface area contributed by atoms with Crippen LogP contribution in [0.1, 0.15) is 16.6 Å². The van der Waals surface area contributed by atoms with Gasteiger partial charge < -0.3 is 0 Å². The van der Waals surface area contributed by atoms with Crippen LogP contribution in [-0.4, -0.2) is 9.97 Å². The van der Waals surface area contributed by atoms with Crippen molar-refractivity contribution in [2.75, 3.05) is 0 Å². The molecule has 0 spiro atoms. The zero-order valence-electron chi connectivity index (χ0n) is 9.92. The molecule has 4 heteroatoms. The molecular weight excluding hydrogens is 279 g/mol. The Kier molecular flexibility index (Phi) is 3.36. The van der Waals surface area contributed by atoms with Crippen LogP contribution in [0.2, 0.25) is 5.15 Å². The van der Waals surface area contributed by atoms with Crippen LogP contribution < -0.4 is 0 Å². The maximum atomic E-state index is 6.45. The molecule has 0 bridgehead atoms. The number of halogens is 2. The van der Waals surface area contributed by atoms with Crippen molar-refractivity contribution in [3.63, 3.8) is 0 Å². The van der Waals surface area contributed by atoms with Gasteiger partial charge in [0.05, 0.1) is 11.0 Å². The molecule has 3 rings (SSSR count). The Morgan fingerprint density at radius 2 is 1.37 bits per heavy atom. The molecule has 1 aromatic heterocycles. The van der Waals surface area contributed by atoms with Crippen LogP contribution in [0.15, 0.2) is 54.6 Å². The van der Waals surface area contributed by atoms with Gasteiger partial charge in [-0.3, -0.25) is 0 Å². The molecule has 0 saturated heterocycles. The molecule has 1 atom stereocenters. The standard InChI is InChI=1S/C15H10Cl2N2/c16-13(10-6-2-1-3-7-10)14-15(17)19-12-9-5-4-8-11(12)18-14/h1-9,13H. The lowest BCUT2D eigenvalue weighted by Crippen LogP contribution is -2.00. The predicted octanol–water partition coefficient (Wildman–Crippen LogP) is 4.61. The summed E-state index contributed by atoms with van der Waals surface area (Å²) in [4.78, 5) is 8.87. The van der Waals surface area contributed by atoms with Gasteiger partial charge >= 0.3 is 0 Å². The highest BCUT2D eigenvalue weighted by atomic mass is 35.5. The van der Waals surface area contributed by atoms with Crippen LogP contribution in [0.5, 0.6) is 0 Å². The van der Waals surface area contributed by atoms with Gasteiger partial charge in [-0.25, -0.2) is 9.97 Å². The first-order chi connectivity index (χ1) is 9.25. The van der Waals surface area contributed by atoms with Gasteiger partial charge in [0, 0.05) is 0 Å². The zero-order chi connectivity index (χ0) is 13.2. The average Bonchev–Trinajstić information content (AvgIpc) is 2.47. The van der Waals surface area contributed by atoms with Gasteiger partial charge in [-0.05, 0) is 17.7 Å². The van der Waals surface area contributed by atoms with Crippen molar-refractivity contribution in [3.05, 3.63) is 71.0 Å². The third-order valence-electron chi connectivity index (χ3n) is 2.88. The normalized spacial score (nSPS) is 12.5. The van der Waals surface area contributed by atoms with Gasteiger partial charge in [-0.2, -0.15) is 0 Å². The van der Waals surface area contributed by atoms with E-state index in [-0.39, 0.29) is 0 Å². The van der Waals surface area contributed by atoms with Gasteiger partial charge in [0.1, 0.15) is 11.1 Å². The van der Waals surface area contributed by atoms with Gasteiger partial charge in [0.15, 0.2) is 5.15 Å². The maximum Gasteiger partial charge on any atom is 0.153 e. The number of rotatable bonds is 2. The second kappa shape index (κ2) is 5.16. The van der Waals surface area contributed by atoms with Crippen molar-refractivity contribution < 1.29 is 0 Å². The first-order valence-electron chi connectivity index (χ1n) is 5.87. The SMILES string of the molecule is Clc1nc2ccccc2nc1C(Cl)c1ccccc1. The second-order valence-electron chi connectivity index (χ2n) is 4.16. The summed E-state index contributed by atoms with van der Waals surface area (Å²) in [7, 11) is 0. The number of hydrogen-bond acceptors (Lipinski definition) is 2. The molecule has 0 aliphatic carbocycles. The molecule has 0 saturated carbocycles. The molecule has 1 heterocycles. The van der Waals surface area contributed by atoms with Crippen molar-refractivity contribution >= 4 is 34.2 Å². The van der Waals surface area contributed by atoms with Gasteiger partial charge in [0.2, 0.25) is 0 Å². The molecule has 0 radical (unpaired) electrons. The first-order valence-corrected chi connectivity index (χ1v) is 6.68. The quantitative estimate of drug-likeness (QED) is 0.644. The smallest absolute Gasteiger partial charge is 0.153 e. The number of benzene rings is 2. The van der Waals surface area contributed by atoms with E-state index in [1.54, 1.807) is 0 Å². The summed E-state index contributed by atoms with van der Waals surface area (Å²) in [6.07, 6.45) is 0. The summed E-state index contributed by atoms with van der Waals surface area (Å²) in [6, 6.07) is 17.3. The third-order valence-corrected chi connectivity index (χ3v) is 3.62. The molecule has 0 aliphatic rings. The van der Waals surface area contributed by atoms with Crippen molar-refractivity contribution in [3.8, 4) is 0 Å². The van der Waals surface area contributed by atoms with E-state index in [1.165, 1.54) is 0 Å². The Morgan fingerprint density at radius 1 is 0.789 bits per heavy atom. The van der Waals surface area contributed by atoms with Crippen molar-refractivity contribution in [2.45, 2.75) is 5.38 Å². The molecule has 0 amide bonds. The summed E-state index contributed by atoms with van der Waals surface area (Å²) in [5.74, 6) is 0. The van der Waals surface area contributed by atoms with E-state index in [9.17, 15) is 0 Å². The fraction of sp³-hybridized carbons (Fsp3) is 0.0667. The van der Waals surface area contributed by atoms with E-state index < -0.39 is 5.38 Å². The predicted molar refractivity (Wildman–Crippen MR) is 78.7 cm³/mol. The van der Waals surface area contributed by atoms with E-state index >= 15 is 0 Å². The Morgan fingerprint density at radius 3 is 2.05 bits per heavy atom. The number of para-hydroxylation sites is 2. The number of nitrogens with zero attached hydrogens (tertiary/aromatic N) is 2. The lowest BCUT2D eigenvalue weighted by atomic mass is 10.1. The zero-order valence-corrected chi connectivity index (χ0v) is 11.4.